The van der Waals surface area contributed by atoms with Crippen molar-refractivity contribution in [2.45, 2.75) is 6.42 Å². The lowest BCUT2D eigenvalue weighted by Gasteiger charge is -2.09. The molecule has 1 amide bonds. The zero-order valence-electron chi connectivity index (χ0n) is 10.9. The standard InChI is InChI=1S/C12H14BrNO6S/c13-9-2-1-8(12(16)17)7-10(9)20-4-6-21(18,19)5-3-11(14)15/h1-2,7H,3-6H2,(H2,14,15)(H,16,17). The van der Waals surface area contributed by atoms with Crippen molar-refractivity contribution in [2.75, 3.05) is 18.1 Å². The van der Waals surface area contributed by atoms with E-state index >= 15 is 0 Å². The molecule has 0 unspecified atom stereocenters. The molecule has 7 nitrogen and oxygen atoms in total. The number of carbonyl (C=O) groups is 2. The molecular formula is C12H14BrNO6S. The number of aromatic carboxylic acids is 1. The van der Waals surface area contributed by atoms with Gasteiger partial charge in [0.25, 0.3) is 0 Å². The molecule has 0 saturated heterocycles. The number of carbonyl (C=O) groups excluding carboxylic acids is 1. The monoisotopic (exact) mass is 379 g/mol. The van der Waals surface area contributed by atoms with Crippen LogP contribution in [0.4, 0.5) is 0 Å². The lowest BCUT2D eigenvalue weighted by Crippen LogP contribution is -2.21. The second kappa shape index (κ2) is 7.41. The summed E-state index contributed by atoms with van der Waals surface area (Å²) in [6.07, 6.45) is -0.236. The molecule has 0 heterocycles. The number of primary amides is 1. The number of nitrogens with two attached hydrogens (primary N) is 1. The summed E-state index contributed by atoms with van der Waals surface area (Å²) < 4.78 is 29.0. The summed E-state index contributed by atoms with van der Waals surface area (Å²) in [6.45, 7) is -0.150. The van der Waals surface area contributed by atoms with Crippen molar-refractivity contribution in [2.24, 2.45) is 5.73 Å². The fraction of sp³-hybridized carbons (Fsp3) is 0.333. The molecule has 0 spiro atoms. The number of ether oxygens (including phenoxy) is 1. The Morgan fingerprint density at radius 2 is 1.95 bits per heavy atom. The summed E-state index contributed by atoms with van der Waals surface area (Å²) in [6, 6.07) is 4.19. The molecule has 0 aliphatic carbocycles. The fourth-order valence-corrected chi connectivity index (χ4v) is 2.80. The van der Waals surface area contributed by atoms with Crippen LogP contribution in [-0.2, 0) is 14.6 Å². The first-order valence-corrected chi connectivity index (χ1v) is 8.47. The molecule has 0 atom stereocenters. The van der Waals surface area contributed by atoms with Gasteiger partial charge in [0.1, 0.15) is 12.4 Å². The van der Waals surface area contributed by atoms with Gasteiger partial charge in [-0.2, -0.15) is 0 Å². The number of carboxylic acid groups (broad SMARTS) is 1. The Hall–Kier alpha value is -1.61. The van der Waals surface area contributed by atoms with Crippen molar-refractivity contribution in [1.82, 2.24) is 0 Å². The first-order chi connectivity index (χ1) is 9.71. The molecular weight excluding hydrogens is 366 g/mol. The van der Waals surface area contributed by atoms with Crippen molar-refractivity contribution in [1.29, 1.82) is 0 Å². The molecule has 1 aromatic rings. The predicted molar refractivity (Wildman–Crippen MR) is 79.1 cm³/mol. The number of halogens is 1. The quantitative estimate of drug-likeness (QED) is 0.688. The van der Waals surface area contributed by atoms with Crippen molar-refractivity contribution in [3.05, 3.63) is 28.2 Å². The molecule has 0 aromatic heterocycles. The Morgan fingerprint density at radius 3 is 2.52 bits per heavy atom. The van der Waals surface area contributed by atoms with Gasteiger partial charge in [0.05, 0.1) is 21.5 Å². The summed E-state index contributed by atoms with van der Waals surface area (Å²) in [5.74, 6) is -2.18. The molecule has 0 aliphatic heterocycles. The Labute approximate surface area is 130 Å². The Bertz CT molecular complexity index is 643. The number of rotatable bonds is 8. The largest absolute Gasteiger partial charge is 0.491 e. The van der Waals surface area contributed by atoms with Gasteiger partial charge in [-0.15, -0.1) is 0 Å². The van der Waals surface area contributed by atoms with Crippen LogP contribution >= 0.6 is 15.9 Å². The van der Waals surface area contributed by atoms with Crippen molar-refractivity contribution in [3.63, 3.8) is 0 Å². The van der Waals surface area contributed by atoms with E-state index in [0.717, 1.165) is 0 Å². The summed E-state index contributed by atoms with van der Waals surface area (Å²) in [7, 11) is -3.44. The van der Waals surface area contributed by atoms with Gasteiger partial charge in [-0.05, 0) is 34.1 Å². The van der Waals surface area contributed by atoms with Crippen LogP contribution in [0, 0.1) is 0 Å². The first kappa shape index (κ1) is 17.4. The molecule has 0 aliphatic rings. The van der Waals surface area contributed by atoms with Gasteiger partial charge < -0.3 is 15.6 Å². The van der Waals surface area contributed by atoms with E-state index in [1.165, 1.54) is 18.2 Å². The van der Waals surface area contributed by atoms with Crippen LogP contribution in [0.15, 0.2) is 22.7 Å². The maximum Gasteiger partial charge on any atom is 0.335 e. The highest BCUT2D eigenvalue weighted by Gasteiger charge is 2.14. The third-order valence-corrected chi connectivity index (χ3v) is 4.76. The maximum atomic E-state index is 11.6. The number of hydrogen-bond acceptors (Lipinski definition) is 5. The van der Waals surface area contributed by atoms with Gasteiger partial charge in [0.15, 0.2) is 9.84 Å². The lowest BCUT2D eigenvalue weighted by molar-refractivity contribution is -0.117. The van der Waals surface area contributed by atoms with Gasteiger partial charge >= 0.3 is 5.97 Å². The summed E-state index contributed by atoms with van der Waals surface area (Å²) >= 11 is 3.18. The number of hydrogen-bond donors (Lipinski definition) is 2. The molecule has 3 N–H and O–H groups in total. The van der Waals surface area contributed by atoms with E-state index in [1.54, 1.807) is 0 Å². The van der Waals surface area contributed by atoms with Gasteiger partial charge in [-0.3, -0.25) is 4.79 Å². The lowest BCUT2D eigenvalue weighted by atomic mass is 10.2. The molecule has 9 heteroatoms. The van der Waals surface area contributed by atoms with Gasteiger partial charge in [0.2, 0.25) is 5.91 Å². The molecule has 0 radical (unpaired) electrons. The molecule has 0 fully saturated rings. The smallest absolute Gasteiger partial charge is 0.335 e. The van der Waals surface area contributed by atoms with Crippen LogP contribution in [0.1, 0.15) is 16.8 Å². The molecule has 0 saturated carbocycles. The molecule has 0 bridgehead atoms. The SMILES string of the molecule is NC(=O)CCS(=O)(=O)CCOc1cc(C(=O)O)ccc1Br. The maximum absolute atomic E-state index is 11.6. The number of benzene rings is 1. The second-order valence-electron chi connectivity index (χ2n) is 4.17. The van der Waals surface area contributed by atoms with Crippen LogP contribution in [0.2, 0.25) is 0 Å². The van der Waals surface area contributed by atoms with E-state index in [0.29, 0.717) is 4.47 Å². The minimum Gasteiger partial charge on any atom is -0.491 e. The zero-order chi connectivity index (χ0) is 16.0. The van der Waals surface area contributed by atoms with E-state index in [4.69, 9.17) is 15.6 Å². The average Bonchev–Trinajstić information content (AvgIpc) is 2.38. The molecule has 1 aromatic carbocycles. The first-order valence-electron chi connectivity index (χ1n) is 5.85. The van der Waals surface area contributed by atoms with Gasteiger partial charge in [0, 0.05) is 6.42 Å². The van der Waals surface area contributed by atoms with E-state index in [9.17, 15) is 18.0 Å². The van der Waals surface area contributed by atoms with Gasteiger partial charge in [-0.1, -0.05) is 0 Å². The fourth-order valence-electron chi connectivity index (χ4n) is 1.38. The number of carboxylic acids is 1. The van der Waals surface area contributed by atoms with Crippen LogP contribution < -0.4 is 10.5 Å². The minimum absolute atomic E-state index is 0.0322. The summed E-state index contributed by atoms with van der Waals surface area (Å²) in [5.41, 5.74) is 4.92. The normalized spacial score (nSPS) is 11.1. The highest BCUT2D eigenvalue weighted by atomic mass is 79.9. The van der Waals surface area contributed by atoms with Crippen LogP contribution in [0.5, 0.6) is 5.75 Å². The van der Waals surface area contributed by atoms with Crippen LogP contribution in [0.25, 0.3) is 0 Å². The van der Waals surface area contributed by atoms with Crippen molar-refractivity contribution < 1.29 is 27.9 Å². The van der Waals surface area contributed by atoms with E-state index < -0.39 is 21.7 Å². The number of amides is 1. The van der Waals surface area contributed by atoms with E-state index in [1.807, 2.05) is 0 Å². The van der Waals surface area contributed by atoms with Crippen LogP contribution in [-0.4, -0.2) is 43.5 Å². The second-order valence-corrected chi connectivity index (χ2v) is 7.32. The highest BCUT2D eigenvalue weighted by Crippen LogP contribution is 2.26. The summed E-state index contributed by atoms with van der Waals surface area (Å²) in [4.78, 5) is 21.4. The third kappa shape index (κ3) is 6.13. The average molecular weight is 380 g/mol. The Kier molecular flexibility index (Phi) is 6.16. The van der Waals surface area contributed by atoms with Crippen molar-refractivity contribution in [3.8, 4) is 5.75 Å². The van der Waals surface area contributed by atoms with Crippen molar-refractivity contribution >= 4 is 37.6 Å². The minimum atomic E-state index is -3.44. The molecule has 1 rings (SSSR count). The molecule has 21 heavy (non-hydrogen) atoms. The topological polar surface area (TPSA) is 124 Å². The van der Waals surface area contributed by atoms with Crippen LogP contribution in [0.3, 0.4) is 0 Å². The number of sulfone groups is 1. The third-order valence-electron chi connectivity index (χ3n) is 2.49. The zero-order valence-corrected chi connectivity index (χ0v) is 13.3. The van der Waals surface area contributed by atoms with E-state index in [2.05, 4.69) is 15.9 Å². The van der Waals surface area contributed by atoms with Gasteiger partial charge in [-0.25, -0.2) is 13.2 Å². The molecule has 116 valence electrons. The van der Waals surface area contributed by atoms with E-state index in [-0.39, 0.29) is 35.8 Å². The Morgan fingerprint density at radius 1 is 1.29 bits per heavy atom. The highest BCUT2D eigenvalue weighted by molar-refractivity contribution is 9.10. The summed E-state index contributed by atoms with van der Waals surface area (Å²) in [5, 5.41) is 8.87. The Balaban J connectivity index is 2.61. The predicted octanol–water partition coefficient (Wildman–Crippen LogP) is 0.816.